The Morgan fingerprint density at radius 3 is 1.81 bits per heavy atom. The normalized spacial score (nSPS) is 14.7. The molecule has 0 amide bonds. The zero-order valence-electron chi connectivity index (χ0n) is 16.8. The van der Waals surface area contributed by atoms with E-state index in [1.807, 2.05) is 11.8 Å². The van der Waals surface area contributed by atoms with Crippen LogP contribution in [-0.2, 0) is 0 Å². The van der Waals surface area contributed by atoms with Crippen LogP contribution in [0.2, 0.25) is 0 Å². The molecule has 1 unspecified atom stereocenters. The van der Waals surface area contributed by atoms with Crippen LogP contribution in [0.4, 0.5) is 11.4 Å². The van der Waals surface area contributed by atoms with Crippen molar-refractivity contribution in [2.45, 2.75) is 62.9 Å². The van der Waals surface area contributed by atoms with Crippen molar-refractivity contribution in [3.63, 3.8) is 0 Å². The largest absolute Gasteiger partial charge is 0.339 e. The van der Waals surface area contributed by atoms with Crippen molar-refractivity contribution in [2.24, 2.45) is 5.92 Å². The molecular weight excluding hydrogens is 336 g/mol. The second kappa shape index (κ2) is 8.49. The fourth-order valence-corrected chi connectivity index (χ4v) is 4.96. The first-order valence-corrected chi connectivity index (χ1v) is 10.7. The average Bonchev–Trinajstić information content (AvgIpc) is 2.61. The molecule has 0 aromatic heterocycles. The molecular formula is C23H32N2S. The molecule has 1 aliphatic heterocycles. The van der Waals surface area contributed by atoms with Gasteiger partial charge in [-0.25, -0.2) is 0 Å². The average molecular weight is 369 g/mol. The third kappa shape index (κ3) is 4.27. The maximum Gasteiger partial charge on any atom is 0.0552 e. The Hall–Kier alpha value is -1.45. The number of benzene rings is 2. The minimum absolute atomic E-state index is 0.607. The Morgan fingerprint density at radius 2 is 1.31 bits per heavy atom. The zero-order chi connectivity index (χ0) is 18.7. The van der Waals surface area contributed by atoms with Gasteiger partial charge in [-0.3, -0.25) is 4.90 Å². The van der Waals surface area contributed by atoms with Crippen molar-refractivity contribution in [2.75, 3.05) is 18.0 Å². The Labute approximate surface area is 163 Å². The highest BCUT2D eigenvalue weighted by Crippen LogP contribution is 2.48. The Morgan fingerprint density at radius 1 is 0.808 bits per heavy atom. The van der Waals surface area contributed by atoms with Crippen LogP contribution in [0.3, 0.4) is 0 Å². The van der Waals surface area contributed by atoms with Crippen molar-refractivity contribution < 1.29 is 0 Å². The van der Waals surface area contributed by atoms with Crippen molar-refractivity contribution in [1.29, 1.82) is 0 Å². The standard InChI is InChI=1S/C23H32N2S/c1-17(2)24(18(3)4)15-14-19(5)16-25-20-10-6-8-12-22(20)26-23-13-9-7-11-21(23)25/h6-13,17-19H,14-16H2,1-5H3. The van der Waals surface area contributed by atoms with Gasteiger partial charge in [-0.15, -0.1) is 0 Å². The Kier molecular flexibility index (Phi) is 6.31. The molecule has 2 nitrogen and oxygen atoms in total. The van der Waals surface area contributed by atoms with Crippen molar-refractivity contribution >= 4 is 23.1 Å². The summed E-state index contributed by atoms with van der Waals surface area (Å²) in [5, 5.41) is 0. The van der Waals surface area contributed by atoms with E-state index in [2.05, 4.69) is 92.9 Å². The van der Waals surface area contributed by atoms with Crippen LogP contribution in [0, 0.1) is 5.92 Å². The summed E-state index contributed by atoms with van der Waals surface area (Å²) in [4.78, 5) is 7.86. The number of rotatable bonds is 7. The summed E-state index contributed by atoms with van der Waals surface area (Å²) in [6.45, 7) is 13.9. The minimum Gasteiger partial charge on any atom is -0.339 e. The topological polar surface area (TPSA) is 6.48 Å². The Bertz CT molecular complexity index is 672. The third-order valence-electron chi connectivity index (χ3n) is 5.23. The molecule has 3 rings (SSSR count). The fraction of sp³-hybridized carbons (Fsp3) is 0.478. The molecule has 0 saturated carbocycles. The van der Waals surface area contributed by atoms with Crippen molar-refractivity contribution in [3.8, 4) is 0 Å². The first-order chi connectivity index (χ1) is 12.5. The Balaban J connectivity index is 1.75. The van der Waals surface area contributed by atoms with Gasteiger partial charge in [0.15, 0.2) is 0 Å². The molecule has 26 heavy (non-hydrogen) atoms. The molecule has 0 aliphatic carbocycles. The molecule has 1 atom stereocenters. The fourth-order valence-electron chi connectivity index (χ4n) is 3.86. The van der Waals surface area contributed by atoms with E-state index in [4.69, 9.17) is 0 Å². The molecule has 2 aromatic rings. The van der Waals surface area contributed by atoms with Gasteiger partial charge in [-0.1, -0.05) is 43.0 Å². The summed E-state index contributed by atoms with van der Waals surface area (Å²) in [5.41, 5.74) is 2.71. The van der Waals surface area contributed by atoms with Gasteiger partial charge in [-0.05, 0) is 70.8 Å². The van der Waals surface area contributed by atoms with Crippen LogP contribution >= 0.6 is 11.8 Å². The lowest BCUT2D eigenvalue weighted by molar-refractivity contribution is 0.165. The molecule has 0 N–H and O–H groups in total. The maximum absolute atomic E-state index is 2.60. The third-order valence-corrected chi connectivity index (χ3v) is 6.36. The second-order valence-electron chi connectivity index (χ2n) is 7.97. The van der Waals surface area contributed by atoms with Crippen LogP contribution in [0.1, 0.15) is 41.0 Å². The first-order valence-electron chi connectivity index (χ1n) is 9.86. The lowest BCUT2D eigenvalue weighted by Gasteiger charge is -2.36. The number of para-hydroxylation sites is 2. The van der Waals surface area contributed by atoms with E-state index in [1.54, 1.807) is 0 Å². The van der Waals surface area contributed by atoms with Crippen LogP contribution in [0.25, 0.3) is 0 Å². The van der Waals surface area contributed by atoms with Crippen LogP contribution < -0.4 is 4.90 Å². The van der Waals surface area contributed by atoms with Crippen LogP contribution in [0.5, 0.6) is 0 Å². The summed E-state index contributed by atoms with van der Waals surface area (Å²) >= 11 is 1.89. The number of hydrogen-bond acceptors (Lipinski definition) is 3. The number of fused-ring (bicyclic) bond motifs is 2. The van der Waals surface area contributed by atoms with E-state index in [0.29, 0.717) is 18.0 Å². The van der Waals surface area contributed by atoms with E-state index in [0.717, 1.165) is 6.54 Å². The molecule has 1 heterocycles. The summed E-state index contributed by atoms with van der Waals surface area (Å²) in [7, 11) is 0. The molecule has 140 valence electrons. The number of hydrogen-bond donors (Lipinski definition) is 0. The predicted molar refractivity (Wildman–Crippen MR) is 115 cm³/mol. The van der Waals surface area contributed by atoms with Gasteiger partial charge < -0.3 is 4.90 Å². The molecule has 0 bridgehead atoms. The van der Waals surface area contributed by atoms with Gasteiger partial charge >= 0.3 is 0 Å². The van der Waals surface area contributed by atoms with Gasteiger partial charge in [-0.2, -0.15) is 0 Å². The lowest BCUT2D eigenvalue weighted by atomic mass is 10.0. The smallest absolute Gasteiger partial charge is 0.0552 e. The summed E-state index contributed by atoms with van der Waals surface area (Å²) < 4.78 is 0. The van der Waals surface area contributed by atoms with Gasteiger partial charge in [0.05, 0.1) is 11.4 Å². The molecule has 0 saturated heterocycles. The van der Waals surface area contributed by atoms with E-state index in [1.165, 1.54) is 34.1 Å². The first kappa shape index (κ1) is 19.3. The molecule has 0 fully saturated rings. The van der Waals surface area contributed by atoms with Gasteiger partial charge in [0, 0.05) is 28.4 Å². The van der Waals surface area contributed by atoms with Gasteiger partial charge in [0.25, 0.3) is 0 Å². The van der Waals surface area contributed by atoms with Crippen molar-refractivity contribution in [1.82, 2.24) is 4.90 Å². The maximum atomic E-state index is 2.60. The highest BCUT2D eigenvalue weighted by molar-refractivity contribution is 7.99. The molecule has 2 aromatic carbocycles. The zero-order valence-corrected chi connectivity index (χ0v) is 17.6. The number of nitrogens with zero attached hydrogens (tertiary/aromatic N) is 2. The van der Waals surface area contributed by atoms with Gasteiger partial charge in [0.2, 0.25) is 0 Å². The second-order valence-corrected chi connectivity index (χ2v) is 9.05. The molecule has 3 heteroatoms. The summed E-state index contributed by atoms with van der Waals surface area (Å²) in [6.07, 6.45) is 1.23. The van der Waals surface area contributed by atoms with E-state index in [-0.39, 0.29) is 0 Å². The summed E-state index contributed by atoms with van der Waals surface area (Å²) in [5.74, 6) is 0.638. The molecule has 1 aliphatic rings. The van der Waals surface area contributed by atoms with E-state index < -0.39 is 0 Å². The van der Waals surface area contributed by atoms with E-state index >= 15 is 0 Å². The lowest BCUT2D eigenvalue weighted by Crippen LogP contribution is -2.39. The quantitative estimate of drug-likeness (QED) is 0.555. The minimum atomic E-state index is 0.607. The van der Waals surface area contributed by atoms with Crippen molar-refractivity contribution in [3.05, 3.63) is 48.5 Å². The monoisotopic (exact) mass is 368 g/mol. The van der Waals surface area contributed by atoms with Crippen LogP contribution in [0.15, 0.2) is 58.3 Å². The number of anilines is 2. The molecule has 0 radical (unpaired) electrons. The SMILES string of the molecule is CC(CCN(C(C)C)C(C)C)CN1c2ccccc2Sc2ccccc21. The van der Waals surface area contributed by atoms with Crippen LogP contribution in [-0.4, -0.2) is 30.1 Å². The highest BCUT2D eigenvalue weighted by atomic mass is 32.2. The van der Waals surface area contributed by atoms with Gasteiger partial charge in [0.1, 0.15) is 0 Å². The predicted octanol–water partition coefficient (Wildman–Crippen LogP) is 6.43. The van der Waals surface area contributed by atoms with E-state index in [9.17, 15) is 0 Å². The highest BCUT2D eigenvalue weighted by Gasteiger charge is 2.24. The molecule has 0 spiro atoms. The summed E-state index contributed by atoms with van der Waals surface area (Å²) in [6, 6.07) is 18.8.